The van der Waals surface area contributed by atoms with Crippen LogP contribution in [0, 0.1) is 13.8 Å². The van der Waals surface area contributed by atoms with E-state index in [-0.39, 0.29) is 18.0 Å². The topological polar surface area (TPSA) is 70.8 Å². The molecule has 0 spiro atoms. The Balaban J connectivity index is 3.32. The number of hydrogen-bond acceptors (Lipinski definition) is 4. The quantitative estimate of drug-likeness (QED) is 0.827. The zero-order chi connectivity index (χ0) is 14.1. The third-order valence-electron chi connectivity index (χ3n) is 2.64. The second-order valence-corrected chi connectivity index (χ2v) is 6.38. The van der Waals surface area contributed by atoms with E-state index in [1.165, 1.54) is 11.4 Å². The van der Waals surface area contributed by atoms with E-state index in [1.807, 2.05) is 0 Å². The normalized spacial score (nSPS) is 12.1. The number of hydrogen-bond donors (Lipinski definition) is 1. The first kappa shape index (κ1) is 14.9. The van der Waals surface area contributed by atoms with Crippen molar-refractivity contribution in [2.24, 2.45) is 0 Å². The molecule has 0 aliphatic rings. The van der Waals surface area contributed by atoms with Gasteiger partial charge in [-0.15, -0.1) is 0 Å². The van der Waals surface area contributed by atoms with Crippen molar-refractivity contribution in [3.8, 4) is 0 Å². The van der Waals surface area contributed by atoms with Gasteiger partial charge in [-0.25, -0.2) is 8.42 Å². The molecule has 0 aliphatic carbocycles. The summed E-state index contributed by atoms with van der Waals surface area (Å²) in [6, 6.07) is 0. The van der Waals surface area contributed by atoms with E-state index in [4.69, 9.17) is 4.42 Å². The van der Waals surface area contributed by atoms with Crippen LogP contribution in [0.25, 0.3) is 0 Å². The van der Waals surface area contributed by atoms with E-state index in [2.05, 4.69) is 6.58 Å². The fourth-order valence-corrected chi connectivity index (χ4v) is 3.48. The van der Waals surface area contributed by atoms with Crippen molar-refractivity contribution < 1.29 is 17.9 Å². The van der Waals surface area contributed by atoms with E-state index >= 15 is 0 Å². The van der Waals surface area contributed by atoms with Crippen LogP contribution in [0.1, 0.15) is 24.0 Å². The maximum atomic E-state index is 12.4. The predicted molar refractivity (Wildman–Crippen MR) is 68.7 cm³/mol. The Hall–Kier alpha value is -1.11. The summed E-state index contributed by atoms with van der Waals surface area (Å²) in [5.74, 6) is 0.724. The molecule has 0 saturated heterocycles. The van der Waals surface area contributed by atoms with Crippen LogP contribution in [0.4, 0.5) is 0 Å². The summed E-state index contributed by atoms with van der Waals surface area (Å²) >= 11 is 0. The minimum atomic E-state index is -3.67. The fraction of sp³-hybridized carbons (Fsp3) is 0.500. The van der Waals surface area contributed by atoms with Crippen LogP contribution in [-0.2, 0) is 16.6 Å². The highest BCUT2D eigenvalue weighted by atomic mass is 32.2. The van der Waals surface area contributed by atoms with Gasteiger partial charge >= 0.3 is 0 Å². The zero-order valence-corrected chi connectivity index (χ0v) is 12.0. The first-order chi connectivity index (χ1) is 8.21. The predicted octanol–water partition coefficient (Wildman–Crippen LogP) is 1.59. The van der Waals surface area contributed by atoms with Gasteiger partial charge in [0.2, 0.25) is 10.0 Å². The van der Waals surface area contributed by atoms with E-state index in [0.717, 1.165) is 5.57 Å². The van der Waals surface area contributed by atoms with Crippen molar-refractivity contribution in [2.75, 3.05) is 13.6 Å². The summed E-state index contributed by atoms with van der Waals surface area (Å²) in [4.78, 5) is 0.0613. The van der Waals surface area contributed by atoms with Gasteiger partial charge in [0.15, 0.2) is 0 Å². The van der Waals surface area contributed by atoms with Crippen LogP contribution < -0.4 is 0 Å². The monoisotopic (exact) mass is 273 g/mol. The van der Waals surface area contributed by atoms with Crippen LogP contribution in [0.15, 0.2) is 21.5 Å². The summed E-state index contributed by atoms with van der Waals surface area (Å²) in [6.07, 6.45) is 0. The van der Waals surface area contributed by atoms with Crippen molar-refractivity contribution >= 4 is 10.0 Å². The van der Waals surface area contributed by atoms with E-state index in [9.17, 15) is 13.5 Å². The van der Waals surface area contributed by atoms with Crippen molar-refractivity contribution in [2.45, 2.75) is 32.3 Å². The highest BCUT2D eigenvalue weighted by Crippen LogP contribution is 2.28. The highest BCUT2D eigenvalue weighted by molar-refractivity contribution is 7.89. The van der Waals surface area contributed by atoms with Crippen LogP contribution in [-0.4, -0.2) is 31.4 Å². The third kappa shape index (κ3) is 2.66. The molecule has 1 N–H and O–H groups in total. The molecular formula is C12H19NO4S. The number of aryl methyl sites for hydroxylation is 2. The largest absolute Gasteiger partial charge is 0.465 e. The summed E-state index contributed by atoms with van der Waals surface area (Å²) in [6.45, 7) is 8.53. The molecule has 0 saturated carbocycles. The fourth-order valence-electron chi connectivity index (χ4n) is 1.85. The van der Waals surface area contributed by atoms with Crippen molar-refractivity contribution in [3.63, 3.8) is 0 Å². The van der Waals surface area contributed by atoms with E-state index < -0.39 is 10.0 Å². The molecule has 1 rings (SSSR count). The first-order valence-corrected chi connectivity index (χ1v) is 6.96. The van der Waals surface area contributed by atoms with Gasteiger partial charge in [-0.05, 0) is 20.8 Å². The number of furan rings is 1. The molecule has 102 valence electrons. The number of likely N-dealkylation sites (N-methyl/N-ethyl adjacent to an activating group) is 1. The molecular weight excluding hydrogens is 254 g/mol. The maximum absolute atomic E-state index is 12.4. The minimum absolute atomic E-state index is 0.0613. The summed E-state index contributed by atoms with van der Waals surface area (Å²) < 4.78 is 31.3. The van der Waals surface area contributed by atoms with Crippen molar-refractivity contribution in [1.29, 1.82) is 0 Å². The van der Waals surface area contributed by atoms with Gasteiger partial charge in [0.05, 0.1) is 6.61 Å². The Morgan fingerprint density at radius 3 is 2.39 bits per heavy atom. The number of aliphatic hydroxyl groups excluding tert-OH is 1. The van der Waals surface area contributed by atoms with Crippen molar-refractivity contribution in [3.05, 3.63) is 29.2 Å². The van der Waals surface area contributed by atoms with E-state index in [1.54, 1.807) is 20.8 Å². The van der Waals surface area contributed by atoms with Crippen LogP contribution in [0.5, 0.6) is 0 Å². The Morgan fingerprint density at radius 2 is 1.94 bits per heavy atom. The van der Waals surface area contributed by atoms with Gasteiger partial charge in [-0.1, -0.05) is 12.2 Å². The Morgan fingerprint density at radius 1 is 1.39 bits per heavy atom. The molecule has 0 aromatic carbocycles. The smallest absolute Gasteiger partial charge is 0.246 e. The molecule has 5 nitrogen and oxygen atoms in total. The summed E-state index contributed by atoms with van der Waals surface area (Å²) in [7, 11) is -2.19. The van der Waals surface area contributed by atoms with Gasteiger partial charge in [0.1, 0.15) is 16.4 Å². The highest BCUT2D eigenvalue weighted by Gasteiger charge is 2.29. The van der Waals surface area contributed by atoms with Gasteiger partial charge in [-0.2, -0.15) is 4.31 Å². The molecule has 0 fully saturated rings. The lowest BCUT2D eigenvalue weighted by Gasteiger charge is -2.17. The van der Waals surface area contributed by atoms with Gasteiger partial charge in [-0.3, -0.25) is 0 Å². The SMILES string of the molecule is C=C(C)CN(C)S(=O)(=O)c1c(C)oc(C)c1CO. The number of rotatable bonds is 5. The molecule has 1 aromatic heterocycles. The number of sulfonamides is 1. The molecule has 0 atom stereocenters. The van der Waals surface area contributed by atoms with Crippen LogP contribution in [0.2, 0.25) is 0 Å². The average molecular weight is 273 g/mol. The zero-order valence-electron chi connectivity index (χ0n) is 11.1. The average Bonchev–Trinajstić information content (AvgIpc) is 2.52. The molecule has 0 amide bonds. The van der Waals surface area contributed by atoms with Gasteiger partial charge in [0, 0.05) is 19.2 Å². The lowest BCUT2D eigenvalue weighted by Crippen LogP contribution is -2.29. The molecule has 0 radical (unpaired) electrons. The Kier molecular flexibility index (Phi) is 4.37. The lowest BCUT2D eigenvalue weighted by molar-refractivity contribution is 0.276. The van der Waals surface area contributed by atoms with Gasteiger partial charge in [0.25, 0.3) is 0 Å². The molecule has 1 aromatic rings. The first-order valence-electron chi connectivity index (χ1n) is 5.52. The number of aliphatic hydroxyl groups is 1. The lowest BCUT2D eigenvalue weighted by atomic mass is 10.2. The van der Waals surface area contributed by atoms with Gasteiger partial charge < -0.3 is 9.52 Å². The Labute approximate surface area is 108 Å². The molecule has 18 heavy (non-hydrogen) atoms. The third-order valence-corrected chi connectivity index (χ3v) is 4.64. The molecule has 0 aliphatic heterocycles. The maximum Gasteiger partial charge on any atom is 0.246 e. The minimum Gasteiger partial charge on any atom is -0.465 e. The van der Waals surface area contributed by atoms with E-state index in [0.29, 0.717) is 17.1 Å². The molecule has 1 heterocycles. The Bertz CT molecular complexity index is 557. The number of nitrogens with zero attached hydrogens (tertiary/aromatic N) is 1. The standard InChI is InChI=1S/C12H19NO4S/c1-8(2)6-13(5)18(15,16)12-10(4)17-9(3)11(12)7-14/h14H,1,6-7H2,2-5H3. The molecule has 0 bridgehead atoms. The van der Waals surface area contributed by atoms with Crippen LogP contribution in [0.3, 0.4) is 0 Å². The molecule has 6 heteroatoms. The second kappa shape index (κ2) is 5.26. The summed E-state index contributed by atoms with van der Waals surface area (Å²) in [5, 5.41) is 9.28. The van der Waals surface area contributed by atoms with Crippen molar-refractivity contribution in [1.82, 2.24) is 4.31 Å². The summed E-state index contributed by atoms with van der Waals surface area (Å²) in [5.41, 5.74) is 1.06. The second-order valence-electron chi connectivity index (χ2n) is 4.40. The van der Waals surface area contributed by atoms with Crippen LogP contribution >= 0.6 is 0 Å². The molecule has 0 unspecified atom stereocenters.